The number of hydrogen-bond donors (Lipinski definition) is 2. The summed E-state index contributed by atoms with van der Waals surface area (Å²) in [4.78, 5) is 7.78. The van der Waals surface area contributed by atoms with Gasteiger partial charge in [0.25, 0.3) is 5.82 Å². The lowest BCUT2D eigenvalue weighted by molar-refractivity contribution is -0.361. The summed E-state index contributed by atoms with van der Waals surface area (Å²) in [5.74, 6) is 1.10. The summed E-state index contributed by atoms with van der Waals surface area (Å²) >= 11 is 0. The zero-order valence-electron chi connectivity index (χ0n) is 16.1. The zero-order chi connectivity index (χ0) is 19.5. The second-order valence-corrected chi connectivity index (χ2v) is 6.98. The molecule has 0 bridgehead atoms. The number of rotatable bonds is 5. The van der Waals surface area contributed by atoms with Crippen LogP contribution in [0.5, 0.6) is 5.75 Å². The molecule has 140 valence electrons. The summed E-state index contributed by atoms with van der Waals surface area (Å²) in [7, 11) is 0. The summed E-state index contributed by atoms with van der Waals surface area (Å²) < 4.78 is 0. The van der Waals surface area contributed by atoms with Crippen LogP contribution in [0.25, 0.3) is 10.9 Å². The number of aromatic amines is 1. The minimum absolute atomic E-state index is 0.212. The molecule has 2 aromatic carbocycles. The van der Waals surface area contributed by atoms with Crippen molar-refractivity contribution in [1.82, 2.24) is 4.98 Å². The van der Waals surface area contributed by atoms with Crippen LogP contribution in [0.3, 0.4) is 0 Å². The van der Waals surface area contributed by atoms with Crippen LogP contribution in [0.4, 0.5) is 5.82 Å². The molecule has 0 amide bonds. The molecule has 0 saturated heterocycles. The lowest BCUT2D eigenvalue weighted by Crippen LogP contribution is -2.19. The van der Waals surface area contributed by atoms with Crippen molar-refractivity contribution in [1.29, 1.82) is 0 Å². The number of phenols is 1. The summed E-state index contributed by atoms with van der Waals surface area (Å²) in [5.41, 5.74) is 4.68. The molecule has 2 aromatic heterocycles. The number of pyridine rings is 2. The fourth-order valence-corrected chi connectivity index (χ4v) is 3.44. The average molecular weight is 370 g/mol. The molecule has 4 rings (SSSR count). The normalized spacial score (nSPS) is 12.1. The van der Waals surface area contributed by atoms with E-state index >= 15 is 0 Å². The van der Waals surface area contributed by atoms with E-state index in [1.165, 1.54) is 5.56 Å². The van der Waals surface area contributed by atoms with Gasteiger partial charge in [0.05, 0.1) is 6.20 Å². The second kappa shape index (κ2) is 7.69. The summed E-state index contributed by atoms with van der Waals surface area (Å²) in [6, 6.07) is 22.1. The van der Waals surface area contributed by atoms with E-state index in [4.69, 9.17) is 0 Å². The first-order chi connectivity index (χ1) is 13.7. The number of aromatic nitrogens is 2. The van der Waals surface area contributed by atoms with Crippen LogP contribution < -0.4 is 10.3 Å². The van der Waals surface area contributed by atoms with Gasteiger partial charge in [-0.15, -0.1) is 0 Å². The molecular weight excluding hydrogens is 346 g/mol. The predicted molar refractivity (Wildman–Crippen MR) is 112 cm³/mol. The van der Waals surface area contributed by atoms with Crippen molar-refractivity contribution < 1.29 is 10.1 Å². The second-order valence-electron chi connectivity index (χ2n) is 6.98. The Balaban J connectivity index is 1.84. The third kappa shape index (κ3) is 3.54. The molecule has 4 nitrogen and oxygen atoms in total. The van der Waals surface area contributed by atoms with E-state index in [9.17, 15) is 5.11 Å². The van der Waals surface area contributed by atoms with Crippen LogP contribution in [0.2, 0.25) is 0 Å². The number of aromatic hydroxyl groups is 1. The number of hydrogen-bond acceptors (Lipinski definition) is 3. The molecule has 3 N–H and O–H groups in total. The van der Waals surface area contributed by atoms with Gasteiger partial charge in [-0.1, -0.05) is 49.4 Å². The molecule has 0 aliphatic rings. The number of nitrogens with zero attached hydrogens (tertiary/aromatic N) is 1. The molecule has 0 aliphatic carbocycles. The van der Waals surface area contributed by atoms with E-state index in [1.54, 1.807) is 0 Å². The summed E-state index contributed by atoms with van der Waals surface area (Å²) in [5, 5.41) is 15.5. The Labute approximate surface area is 164 Å². The van der Waals surface area contributed by atoms with Gasteiger partial charge in [0, 0.05) is 28.3 Å². The van der Waals surface area contributed by atoms with E-state index in [0.29, 0.717) is 5.52 Å². The number of benzene rings is 2. The molecule has 2 heterocycles. The largest absolute Gasteiger partial charge is 0.505 e. The van der Waals surface area contributed by atoms with Crippen LogP contribution in [0.1, 0.15) is 35.3 Å². The fourth-order valence-electron chi connectivity index (χ4n) is 3.44. The maximum atomic E-state index is 11.1. The van der Waals surface area contributed by atoms with E-state index in [-0.39, 0.29) is 11.8 Å². The fraction of sp³-hybridized carbons (Fsp3) is 0.167. The Hall–Kier alpha value is -3.40. The van der Waals surface area contributed by atoms with Crippen LogP contribution in [0.15, 0.2) is 72.9 Å². The van der Waals surface area contributed by atoms with Gasteiger partial charge >= 0.3 is 0 Å². The third-order valence-electron chi connectivity index (χ3n) is 5.05. The van der Waals surface area contributed by atoms with Gasteiger partial charge in [-0.3, -0.25) is 5.32 Å². The summed E-state index contributed by atoms with van der Waals surface area (Å²) in [6.07, 6.45) is 2.87. The Morgan fingerprint density at radius 3 is 2.50 bits per heavy atom. The highest BCUT2D eigenvalue weighted by Gasteiger charge is 2.24. The quantitative estimate of drug-likeness (QED) is 0.529. The first-order valence-corrected chi connectivity index (χ1v) is 9.57. The number of H-pyrrole nitrogens is 1. The minimum Gasteiger partial charge on any atom is -0.505 e. The topological polar surface area (TPSA) is 59.3 Å². The monoisotopic (exact) mass is 370 g/mol. The van der Waals surface area contributed by atoms with Crippen LogP contribution in [-0.4, -0.2) is 10.1 Å². The molecule has 4 heteroatoms. The average Bonchev–Trinajstić information content (AvgIpc) is 2.74. The smallest absolute Gasteiger partial charge is 0.272 e. The highest BCUT2D eigenvalue weighted by atomic mass is 16.3. The van der Waals surface area contributed by atoms with Gasteiger partial charge < -0.3 is 5.11 Å². The van der Waals surface area contributed by atoms with Crippen molar-refractivity contribution in [3.63, 3.8) is 0 Å². The number of phenolic OH excluding ortho intramolecular Hbond substituents is 1. The number of nitrogens with one attached hydrogen (secondary N) is 2. The molecule has 1 atom stereocenters. The third-order valence-corrected chi connectivity index (χ3v) is 5.05. The molecule has 4 aromatic rings. The minimum atomic E-state index is -0.212. The first kappa shape index (κ1) is 18.0. The molecule has 0 spiro atoms. The van der Waals surface area contributed by atoms with E-state index in [2.05, 4.69) is 46.5 Å². The Kier molecular flexibility index (Phi) is 4.94. The van der Waals surface area contributed by atoms with Crippen molar-refractivity contribution in [2.75, 3.05) is 5.32 Å². The first-order valence-electron chi connectivity index (χ1n) is 9.57. The summed E-state index contributed by atoms with van der Waals surface area (Å²) in [6.45, 7) is 4.08. The lowest BCUT2D eigenvalue weighted by atomic mass is 9.95. The van der Waals surface area contributed by atoms with E-state index in [0.717, 1.165) is 34.4 Å². The predicted octanol–water partition coefficient (Wildman–Crippen LogP) is 4.83. The highest BCUT2D eigenvalue weighted by molar-refractivity contribution is 5.86. The highest BCUT2D eigenvalue weighted by Crippen LogP contribution is 2.36. The van der Waals surface area contributed by atoms with Crippen molar-refractivity contribution in [2.24, 2.45) is 0 Å². The van der Waals surface area contributed by atoms with Gasteiger partial charge in [0.15, 0.2) is 0 Å². The molecular formula is C24H24N3O+. The standard InChI is InChI=1S/C24H23N3O/c1-3-17-8-11-18(12-9-17)22(27-21-6-4-5-15-25-21)20-14-13-19-10-7-16(2)26-23(19)24(20)28/h4-15,22,28H,3H2,1-2H3,(H,25,27)/p+1/t22-/m1/s1. The zero-order valence-corrected chi connectivity index (χ0v) is 16.1. The van der Waals surface area contributed by atoms with Crippen molar-refractivity contribution in [3.8, 4) is 5.75 Å². The SMILES string of the molecule is CCc1ccc([C@@H](Nc2cccc[nH+]2)c2ccc3ccc(C)nc3c2O)cc1. The molecule has 28 heavy (non-hydrogen) atoms. The Bertz CT molecular complexity index is 1090. The lowest BCUT2D eigenvalue weighted by Gasteiger charge is -2.18. The van der Waals surface area contributed by atoms with Crippen LogP contribution in [0, 0.1) is 6.92 Å². The number of aryl methyl sites for hydroxylation is 2. The number of fused-ring (bicyclic) bond motifs is 1. The van der Waals surface area contributed by atoms with Crippen LogP contribution in [-0.2, 0) is 6.42 Å². The maximum Gasteiger partial charge on any atom is 0.272 e. The maximum absolute atomic E-state index is 11.1. The van der Waals surface area contributed by atoms with Gasteiger partial charge in [0.2, 0.25) is 0 Å². The van der Waals surface area contributed by atoms with Gasteiger partial charge in [0.1, 0.15) is 17.3 Å². The van der Waals surface area contributed by atoms with Gasteiger partial charge in [-0.2, -0.15) is 0 Å². The van der Waals surface area contributed by atoms with Gasteiger partial charge in [-0.25, -0.2) is 9.97 Å². The molecule has 0 unspecified atom stereocenters. The van der Waals surface area contributed by atoms with Gasteiger partial charge in [-0.05, 0) is 37.1 Å². The number of anilines is 1. The van der Waals surface area contributed by atoms with Crippen molar-refractivity contribution >= 4 is 16.7 Å². The van der Waals surface area contributed by atoms with Crippen LogP contribution >= 0.6 is 0 Å². The van der Waals surface area contributed by atoms with E-state index < -0.39 is 0 Å². The Morgan fingerprint density at radius 1 is 1.00 bits per heavy atom. The molecule has 0 radical (unpaired) electrons. The van der Waals surface area contributed by atoms with Crippen molar-refractivity contribution in [2.45, 2.75) is 26.3 Å². The van der Waals surface area contributed by atoms with E-state index in [1.807, 2.05) is 55.6 Å². The molecule has 0 fully saturated rings. The van der Waals surface area contributed by atoms with Crippen molar-refractivity contribution in [3.05, 3.63) is 95.3 Å². The Morgan fingerprint density at radius 2 is 1.79 bits per heavy atom. The molecule has 0 aliphatic heterocycles. The molecule has 0 saturated carbocycles.